The van der Waals surface area contributed by atoms with Gasteiger partial charge in [0.05, 0.1) is 7.11 Å². The van der Waals surface area contributed by atoms with Crippen LogP contribution in [0.15, 0.2) is 72.8 Å². The van der Waals surface area contributed by atoms with Gasteiger partial charge in [0.25, 0.3) is 5.91 Å². The number of hydrogen-bond donors (Lipinski definition) is 3. The van der Waals surface area contributed by atoms with Crippen molar-refractivity contribution in [3.05, 3.63) is 89.5 Å². The molecule has 0 spiro atoms. The zero-order valence-corrected chi connectivity index (χ0v) is 21.9. The van der Waals surface area contributed by atoms with Gasteiger partial charge in [-0.2, -0.15) is 0 Å². The first-order valence-electron chi connectivity index (χ1n) is 12.3. The molecule has 0 aliphatic heterocycles. The van der Waals surface area contributed by atoms with Crippen molar-refractivity contribution in [3.8, 4) is 22.1 Å². The summed E-state index contributed by atoms with van der Waals surface area (Å²) in [5.41, 5.74) is 4.40. The second-order valence-electron chi connectivity index (χ2n) is 8.99. The quantitative estimate of drug-likeness (QED) is 0.244. The van der Waals surface area contributed by atoms with E-state index in [2.05, 4.69) is 16.0 Å². The highest BCUT2D eigenvalue weighted by Gasteiger charge is 2.24. The van der Waals surface area contributed by atoms with E-state index in [4.69, 9.17) is 14.5 Å². The van der Waals surface area contributed by atoms with Crippen LogP contribution in [0, 0.1) is 6.92 Å². The second-order valence-corrected chi connectivity index (χ2v) is 9.95. The van der Waals surface area contributed by atoms with E-state index in [0.29, 0.717) is 39.3 Å². The Morgan fingerprint density at radius 2 is 1.79 bits per heavy atom. The fraction of sp³-hybridized carbons (Fsp3) is 0.207. The summed E-state index contributed by atoms with van der Waals surface area (Å²) >= 11 is 1.20. The van der Waals surface area contributed by atoms with Gasteiger partial charge < -0.3 is 25.4 Å². The third kappa shape index (κ3) is 6.12. The molecular formula is C29H28N4O4S. The Hall–Kier alpha value is -4.37. The van der Waals surface area contributed by atoms with Crippen molar-refractivity contribution >= 4 is 34.2 Å². The van der Waals surface area contributed by atoms with Crippen LogP contribution in [0.4, 0.5) is 15.6 Å². The lowest BCUT2D eigenvalue weighted by Crippen LogP contribution is -2.26. The molecule has 2 amide bonds. The number of nitrogens with one attached hydrogen (secondary N) is 3. The van der Waals surface area contributed by atoms with Crippen LogP contribution in [0.2, 0.25) is 0 Å². The molecule has 1 aliphatic rings. The Morgan fingerprint density at radius 1 is 1.03 bits per heavy atom. The van der Waals surface area contributed by atoms with E-state index in [1.54, 1.807) is 7.11 Å². The number of thiazole rings is 1. The summed E-state index contributed by atoms with van der Waals surface area (Å²) in [4.78, 5) is 30.0. The van der Waals surface area contributed by atoms with Gasteiger partial charge in [-0.3, -0.25) is 4.79 Å². The Balaban J connectivity index is 1.40. The molecule has 3 N–H and O–H groups in total. The van der Waals surface area contributed by atoms with Gasteiger partial charge in [0, 0.05) is 29.4 Å². The molecule has 1 saturated carbocycles. The van der Waals surface area contributed by atoms with Gasteiger partial charge in [-0.15, -0.1) is 0 Å². The maximum Gasteiger partial charge on any atom is 0.413 e. The molecule has 3 aromatic carbocycles. The van der Waals surface area contributed by atoms with Crippen LogP contribution < -0.4 is 25.4 Å². The number of methoxy groups -OCH3 is 1. The number of nitrogens with zero attached hydrogens (tertiary/aromatic N) is 1. The lowest BCUT2D eigenvalue weighted by molar-refractivity contribution is 0.0951. The molecule has 1 fully saturated rings. The minimum atomic E-state index is -0.588. The largest absolute Gasteiger partial charge is 0.496 e. The molecule has 0 saturated heterocycles. The average molecular weight is 529 g/mol. The average Bonchev–Trinajstić information content (AvgIpc) is 3.67. The Labute approximate surface area is 225 Å². The zero-order valence-electron chi connectivity index (χ0n) is 21.1. The van der Waals surface area contributed by atoms with Crippen LogP contribution in [0.3, 0.4) is 0 Å². The van der Waals surface area contributed by atoms with Crippen molar-refractivity contribution in [1.82, 2.24) is 15.6 Å². The van der Waals surface area contributed by atoms with Gasteiger partial charge >= 0.3 is 6.09 Å². The fourth-order valence-corrected chi connectivity index (χ4v) is 4.68. The lowest BCUT2D eigenvalue weighted by Gasteiger charge is -2.10. The SMILES string of the molecule is COc1ccccc1-c1nc(Nc2cc(C(=O)NC3CC3)ccc2C)sc1OC(=O)NCc1ccccc1. The minimum absolute atomic E-state index is 0.0940. The van der Waals surface area contributed by atoms with Crippen molar-refractivity contribution in [2.45, 2.75) is 32.4 Å². The molecule has 1 heterocycles. The van der Waals surface area contributed by atoms with Crippen LogP contribution in [0.5, 0.6) is 10.8 Å². The Bertz CT molecular complexity index is 1450. The number of amides is 2. The maximum atomic E-state index is 12.7. The fourth-order valence-electron chi connectivity index (χ4n) is 3.84. The highest BCUT2D eigenvalue weighted by molar-refractivity contribution is 7.18. The number of carbonyl (C=O) groups excluding carboxylic acids is 2. The maximum absolute atomic E-state index is 12.7. The first kappa shape index (κ1) is 25.3. The summed E-state index contributed by atoms with van der Waals surface area (Å²) in [7, 11) is 1.58. The number of aryl methyl sites for hydroxylation is 1. The molecule has 0 unspecified atom stereocenters. The number of hydrogen-bond acceptors (Lipinski definition) is 7. The number of para-hydroxylation sites is 1. The highest BCUT2D eigenvalue weighted by atomic mass is 32.1. The minimum Gasteiger partial charge on any atom is -0.496 e. The van der Waals surface area contributed by atoms with Crippen molar-refractivity contribution < 1.29 is 19.1 Å². The summed E-state index contributed by atoms with van der Waals surface area (Å²) in [5, 5.41) is 9.95. The summed E-state index contributed by atoms with van der Waals surface area (Å²) in [6, 6.07) is 22.8. The molecule has 1 aromatic heterocycles. The molecule has 0 radical (unpaired) electrons. The van der Waals surface area contributed by atoms with Gasteiger partial charge in [-0.1, -0.05) is 59.9 Å². The Kier molecular flexibility index (Phi) is 7.55. The molecule has 38 heavy (non-hydrogen) atoms. The van der Waals surface area contributed by atoms with Crippen molar-refractivity contribution in [2.75, 3.05) is 12.4 Å². The van der Waals surface area contributed by atoms with Crippen LogP contribution in [0.25, 0.3) is 11.3 Å². The molecule has 9 heteroatoms. The second kappa shape index (κ2) is 11.4. The summed E-state index contributed by atoms with van der Waals surface area (Å²) < 4.78 is 11.3. The smallest absolute Gasteiger partial charge is 0.413 e. The summed E-state index contributed by atoms with van der Waals surface area (Å²) in [5.74, 6) is 0.511. The molecule has 8 nitrogen and oxygen atoms in total. The number of ether oxygens (including phenoxy) is 2. The molecule has 0 atom stereocenters. The topological polar surface area (TPSA) is 102 Å². The summed E-state index contributed by atoms with van der Waals surface area (Å²) in [6.07, 6.45) is 1.46. The van der Waals surface area contributed by atoms with E-state index in [9.17, 15) is 9.59 Å². The third-order valence-electron chi connectivity index (χ3n) is 6.08. The molecule has 4 aromatic rings. The predicted molar refractivity (Wildman–Crippen MR) is 148 cm³/mol. The third-order valence-corrected chi connectivity index (χ3v) is 6.93. The van der Waals surface area contributed by atoms with E-state index in [1.165, 1.54) is 11.3 Å². The van der Waals surface area contributed by atoms with Crippen molar-refractivity contribution in [2.24, 2.45) is 0 Å². The highest BCUT2D eigenvalue weighted by Crippen LogP contribution is 2.42. The van der Waals surface area contributed by atoms with E-state index < -0.39 is 6.09 Å². The monoisotopic (exact) mass is 528 g/mol. The summed E-state index contributed by atoms with van der Waals surface area (Å²) in [6.45, 7) is 2.29. The van der Waals surface area contributed by atoms with E-state index in [1.807, 2.05) is 79.7 Å². The molecule has 194 valence electrons. The molecule has 0 bridgehead atoms. The van der Waals surface area contributed by atoms with Crippen molar-refractivity contribution in [1.29, 1.82) is 0 Å². The first-order valence-corrected chi connectivity index (χ1v) is 13.1. The van der Waals surface area contributed by atoms with E-state index >= 15 is 0 Å². The first-order chi connectivity index (χ1) is 18.5. The van der Waals surface area contributed by atoms with E-state index in [-0.39, 0.29) is 11.9 Å². The standard InChI is InChI=1S/C29H28N4O4S/c1-18-12-13-20(26(34)31-21-14-15-21)16-23(18)32-28-33-25(22-10-6-7-11-24(22)36-2)27(38-28)37-29(35)30-17-19-8-4-3-5-9-19/h3-13,16,21H,14-15,17H2,1-2H3,(H,30,35)(H,31,34)(H,32,33). The van der Waals surface area contributed by atoms with Gasteiger partial charge in [0.2, 0.25) is 5.06 Å². The van der Waals surface area contributed by atoms with Crippen LogP contribution >= 0.6 is 11.3 Å². The normalized spacial score (nSPS) is 12.5. The number of aromatic nitrogens is 1. The number of benzene rings is 3. The van der Waals surface area contributed by atoms with Crippen LogP contribution in [0.1, 0.15) is 34.3 Å². The number of carbonyl (C=O) groups is 2. The zero-order chi connectivity index (χ0) is 26.5. The number of anilines is 2. The van der Waals surface area contributed by atoms with Gasteiger partial charge in [0.15, 0.2) is 5.13 Å². The van der Waals surface area contributed by atoms with Crippen LogP contribution in [-0.2, 0) is 6.54 Å². The van der Waals surface area contributed by atoms with Gasteiger partial charge in [-0.25, -0.2) is 9.78 Å². The lowest BCUT2D eigenvalue weighted by atomic mass is 10.1. The van der Waals surface area contributed by atoms with Gasteiger partial charge in [0.1, 0.15) is 11.4 Å². The van der Waals surface area contributed by atoms with Gasteiger partial charge in [-0.05, 0) is 55.2 Å². The van der Waals surface area contributed by atoms with Crippen LogP contribution in [-0.4, -0.2) is 30.1 Å². The number of rotatable bonds is 9. The molecule has 1 aliphatic carbocycles. The molecular weight excluding hydrogens is 500 g/mol. The molecule has 5 rings (SSSR count). The predicted octanol–water partition coefficient (Wildman–Crippen LogP) is 6.05. The van der Waals surface area contributed by atoms with E-state index in [0.717, 1.165) is 29.7 Å². The van der Waals surface area contributed by atoms with Crippen molar-refractivity contribution in [3.63, 3.8) is 0 Å². The Morgan fingerprint density at radius 3 is 2.55 bits per heavy atom.